The van der Waals surface area contributed by atoms with Crippen molar-refractivity contribution in [1.29, 1.82) is 0 Å². The lowest BCUT2D eigenvalue weighted by atomic mass is 9.91. The van der Waals surface area contributed by atoms with Gasteiger partial charge in [-0.15, -0.1) is 0 Å². The Bertz CT molecular complexity index is 631. The average molecular weight is 292 g/mol. The van der Waals surface area contributed by atoms with Crippen LogP contribution < -0.4 is 4.90 Å². The Morgan fingerprint density at radius 1 is 1.30 bits per heavy atom. The molecule has 0 amide bonds. The summed E-state index contributed by atoms with van der Waals surface area (Å²) in [5.74, 6) is -0.310. The molecule has 0 aliphatic carbocycles. The number of aldehydes is 1. The van der Waals surface area contributed by atoms with E-state index in [1.54, 1.807) is 30.1 Å². The maximum absolute atomic E-state index is 13.8. The number of anilines is 2. The Morgan fingerprint density at radius 2 is 1.95 bits per heavy atom. The fourth-order valence-electron chi connectivity index (χ4n) is 1.91. The molecule has 1 aromatic carbocycles. The molecule has 0 fully saturated rings. The largest absolute Gasteiger partial charge is 0.318 e. The van der Waals surface area contributed by atoms with Crippen molar-refractivity contribution in [2.75, 3.05) is 11.9 Å². The van der Waals surface area contributed by atoms with Gasteiger partial charge in [0.25, 0.3) is 0 Å². The smallest absolute Gasteiger partial charge is 0.190 e. The van der Waals surface area contributed by atoms with Gasteiger partial charge in [-0.2, -0.15) is 0 Å². The van der Waals surface area contributed by atoms with Gasteiger partial charge < -0.3 is 4.90 Å². The Labute approximate surface area is 122 Å². The van der Waals surface area contributed by atoms with Gasteiger partial charge >= 0.3 is 0 Å². The van der Waals surface area contributed by atoms with E-state index >= 15 is 0 Å². The second kappa shape index (κ2) is 5.32. The first kappa shape index (κ1) is 14.7. The molecule has 0 atom stereocenters. The first-order valence-corrected chi connectivity index (χ1v) is 7.11. The summed E-state index contributed by atoms with van der Waals surface area (Å²) in [6.07, 6.45) is 0.816. The van der Waals surface area contributed by atoms with Crippen molar-refractivity contribution in [3.05, 3.63) is 40.7 Å². The molecule has 0 bridgehead atoms. The van der Waals surface area contributed by atoms with E-state index in [0.717, 1.165) is 12.0 Å². The van der Waals surface area contributed by atoms with E-state index in [2.05, 4.69) is 4.98 Å². The number of rotatable bonds is 3. The minimum atomic E-state index is -0.310. The van der Waals surface area contributed by atoms with Crippen molar-refractivity contribution >= 4 is 28.4 Å². The van der Waals surface area contributed by atoms with Crippen LogP contribution in [0.5, 0.6) is 0 Å². The molecular formula is C15H17FN2OS. The summed E-state index contributed by atoms with van der Waals surface area (Å²) >= 11 is 1.28. The molecule has 106 valence electrons. The van der Waals surface area contributed by atoms with Gasteiger partial charge in [0.2, 0.25) is 0 Å². The summed E-state index contributed by atoms with van der Waals surface area (Å²) in [5.41, 5.74) is 0.969. The van der Waals surface area contributed by atoms with Crippen LogP contribution in [0, 0.1) is 5.82 Å². The molecule has 2 aromatic rings. The summed E-state index contributed by atoms with van der Waals surface area (Å²) in [4.78, 5) is 18.0. The topological polar surface area (TPSA) is 33.2 Å². The minimum absolute atomic E-state index is 0.221. The second-order valence-electron chi connectivity index (χ2n) is 5.59. The molecule has 0 aliphatic heterocycles. The van der Waals surface area contributed by atoms with Crippen LogP contribution in [-0.4, -0.2) is 18.3 Å². The molecule has 0 saturated heterocycles. The number of thiazole rings is 1. The van der Waals surface area contributed by atoms with Crippen LogP contribution in [0.1, 0.15) is 36.1 Å². The molecule has 0 saturated carbocycles. The predicted molar refractivity (Wildman–Crippen MR) is 80.7 cm³/mol. The molecular weight excluding hydrogens is 275 g/mol. The van der Waals surface area contributed by atoms with E-state index in [0.29, 0.717) is 15.7 Å². The molecule has 1 aromatic heterocycles. The number of para-hydroxylation sites is 1. The van der Waals surface area contributed by atoms with Crippen LogP contribution in [0.2, 0.25) is 0 Å². The first-order chi connectivity index (χ1) is 9.34. The standard InChI is InChI=1S/C15H17FN2OS/c1-15(2,3)13-12(9-19)20-14(17-13)18(4)11-8-6-5-7-10(11)16/h5-9H,1-4H3. The lowest BCUT2D eigenvalue weighted by Gasteiger charge is -2.18. The average Bonchev–Trinajstić information content (AvgIpc) is 2.82. The Morgan fingerprint density at radius 3 is 2.45 bits per heavy atom. The van der Waals surface area contributed by atoms with E-state index < -0.39 is 0 Å². The zero-order valence-corrected chi connectivity index (χ0v) is 12.8. The predicted octanol–water partition coefficient (Wildman–Crippen LogP) is 4.16. The van der Waals surface area contributed by atoms with Crippen molar-refractivity contribution < 1.29 is 9.18 Å². The van der Waals surface area contributed by atoms with Crippen LogP contribution in [0.25, 0.3) is 0 Å². The maximum Gasteiger partial charge on any atom is 0.190 e. The lowest BCUT2D eigenvalue weighted by Crippen LogP contribution is -2.15. The summed E-state index contributed by atoms with van der Waals surface area (Å²) in [7, 11) is 1.75. The fourth-order valence-corrected chi connectivity index (χ4v) is 2.97. The highest BCUT2D eigenvalue weighted by molar-refractivity contribution is 7.17. The zero-order chi connectivity index (χ0) is 14.9. The number of carbonyl (C=O) groups excluding carboxylic acids is 1. The maximum atomic E-state index is 13.8. The summed E-state index contributed by atoms with van der Waals surface area (Å²) in [6, 6.07) is 6.51. The van der Waals surface area contributed by atoms with E-state index in [1.165, 1.54) is 17.4 Å². The second-order valence-corrected chi connectivity index (χ2v) is 6.60. The molecule has 0 spiro atoms. The minimum Gasteiger partial charge on any atom is -0.318 e. The van der Waals surface area contributed by atoms with Crippen LogP contribution in [0.3, 0.4) is 0 Å². The van der Waals surface area contributed by atoms with Gasteiger partial charge in [-0.05, 0) is 12.1 Å². The molecule has 1 heterocycles. The number of benzene rings is 1. The molecule has 5 heteroatoms. The van der Waals surface area contributed by atoms with Crippen LogP contribution in [0.15, 0.2) is 24.3 Å². The fraction of sp³-hybridized carbons (Fsp3) is 0.333. The third-order valence-electron chi connectivity index (χ3n) is 2.96. The molecule has 2 rings (SSSR count). The SMILES string of the molecule is CN(c1nc(C(C)(C)C)c(C=O)s1)c1ccccc1F. The molecule has 0 radical (unpaired) electrons. The molecule has 0 N–H and O–H groups in total. The Kier molecular flexibility index (Phi) is 3.90. The highest BCUT2D eigenvalue weighted by atomic mass is 32.1. The van der Waals surface area contributed by atoms with E-state index in [1.807, 2.05) is 20.8 Å². The van der Waals surface area contributed by atoms with Crippen LogP contribution in [0.4, 0.5) is 15.2 Å². The molecule has 0 aliphatic rings. The van der Waals surface area contributed by atoms with Crippen molar-refractivity contribution in [2.45, 2.75) is 26.2 Å². The highest BCUT2D eigenvalue weighted by Gasteiger charge is 2.24. The van der Waals surface area contributed by atoms with Crippen molar-refractivity contribution in [3.8, 4) is 0 Å². The number of aromatic nitrogens is 1. The zero-order valence-electron chi connectivity index (χ0n) is 12.0. The van der Waals surface area contributed by atoms with Crippen molar-refractivity contribution in [3.63, 3.8) is 0 Å². The quantitative estimate of drug-likeness (QED) is 0.796. The van der Waals surface area contributed by atoms with Crippen molar-refractivity contribution in [1.82, 2.24) is 4.98 Å². The van der Waals surface area contributed by atoms with E-state index in [-0.39, 0.29) is 11.2 Å². The summed E-state index contributed by atoms with van der Waals surface area (Å²) in [6.45, 7) is 6.01. The van der Waals surface area contributed by atoms with E-state index in [4.69, 9.17) is 0 Å². The monoisotopic (exact) mass is 292 g/mol. The van der Waals surface area contributed by atoms with Crippen LogP contribution in [-0.2, 0) is 5.41 Å². The molecule has 3 nitrogen and oxygen atoms in total. The van der Waals surface area contributed by atoms with Crippen molar-refractivity contribution in [2.24, 2.45) is 0 Å². The van der Waals surface area contributed by atoms with Crippen LogP contribution >= 0.6 is 11.3 Å². The third kappa shape index (κ3) is 2.72. The van der Waals surface area contributed by atoms with Gasteiger partial charge in [-0.3, -0.25) is 4.79 Å². The van der Waals surface area contributed by atoms with Gasteiger partial charge in [0.05, 0.1) is 16.3 Å². The van der Waals surface area contributed by atoms with Gasteiger partial charge in [-0.25, -0.2) is 9.37 Å². The number of hydrogen-bond donors (Lipinski definition) is 0. The molecule has 0 unspecified atom stereocenters. The highest BCUT2D eigenvalue weighted by Crippen LogP contribution is 2.35. The van der Waals surface area contributed by atoms with E-state index in [9.17, 15) is 9.18 Å². The third-order valence-corrected chi connectivity index (χ3v) is 4.02. The number of hydrogen-bond acceptors (Lipinski definition) is 4. The van der Waals surface area contributed by atoms with Gasteiger partial charge in [-0.1, -0.05) is 44.2 Å². The summed E-state index contributed by atoms with van der Waals surface area (Å²) in [5, 5.41) is 0.613. The number of nitrogens with zero attached hydrogens (tertiary/aromatic N) is 2. The first-order valence-electron chi connectivity index (χ1n) is 6.29. The lowest BCUT2D eigenvalue weighted by molar-refractivity contribution is 0.112. The normalized spacial score (nSPS) is 11.4. The van der Waals surface area contributed by atoms with Gasteiger partial charge in [0, 0.05) is 12.5 Å². The van der Waals surface area contributed by atoms with Gasteiger partial charge in [0.1, 0.15) is 5.82 Å². The Hall–Kier alpha value is -1.75. The number of carbonyl (C=O) groups is 1. The molecule has 20 heavy (non-hydrogen) atoms. The number of halogens is 1. The van der Waals surface area contributed by atoms with Gasteiger partial charge in [0.15, 0.2) is 11.4 Å². The summed E-state index contributed by atoms with van der Waals surface area (Å²) < 4.78 is 13.8. The Balaban J connectivity index is 2.46.